The summed E-state index contributed by atoms with van der Waals surface area (Å²) < 4.78 is 1.28. The Morgan fingerprint density at radius 1 is 1.20 bits per heavy atom. The summed E-state index contributed by atoms with van der Waals surface area (Å²) >= 11 is 0. The highest BCUT2D eigenvalue weighted by atomic mass is 16.2. The molecule has 0 spiro atoms. The Kier molecular flexibility index (Phi) is 5.61. The number of anilines is 1. The van der Waals surface area contributed by atoms with Crippen LogP contribution in [0, 0.1) is 5.92 Å². The molecule has 2 rings (SSSR count). The lowest BCUT2D eigenvalue weighted by Gasteiger charge is -2.30. The van der Waals surface area contributed by atoms with E-state index in [1.165, 1.54) is 35.7 Å². The maximum Gasteiger partial charge on any atom is 0.274 e. The fourth-order valence-electron chi connectivity index (χ4n) is 2.87. The van der Waals surface area contributed by atoms with Gasteiger partial charge < -0.3 is 19.7 Å². The Labute approximate surface area is 146 Å². The molecule has 1 saturated heterocycles. The number of amides is 3. The minimum Gasteiger partial charge on any atom is -0.345 e. The van der Waals surface area contributed by atoms with E-state index >= 15 is 0 Å². The maximum atomic E-state index is 12.5. The Hall–Kier alpha value is -2.64. The second kappa shape index (κ2) is 7.50. The summed E-state index contributed by atoms with van der Waals surface area (Å²) in [5, 5.41) is 2.65. The number of pyridine rings is 1. The van der Waals surface area contributed by atoms with E-state index in [-0.39, 0.29) is 34.9 Å². The molecule has 0 aliphatic carbocycles. The number of aromatic nitrogens is 1. The average Bonchev–Trinajstić information content (AvgIpc) is 2.57. The SMILES string of the molecule is CC(=O)N1CCC(C(=O)Nc2cc(C(=O)N(C)C)cn(C)c2=O)CC1. The van der Waals surface area contributed by atoms with Crippen molar-refractivity contribution in [2.75, 3.05) is 32.5 Å². The molecule has 0 unspecified atom stereocenters. The first kappa shape index (κ1) is 18.7. The summed E-state index contributed by atoms with van der Waals surface area (Å²) in [6.45, 7) is 2.58. The molecule has 0 bridgehead atoms. The van der Waals surface area contributed by atoms with Gasteiger partial charge in [-0.1, -0.05) is 0 Å². The Morgan fingerprint density at radius 3 is 2.32 bits per heavy atom. The second-order valence-corrected chi connectivity index (χ2v) is 6.53. The number of aryl methyl sites for hydroxylation is 1. The lowest BCUT2D eigenvalue weighted by Crippen LogP contribution is -2.41. The van der Waals surface area contributed by atoms with Crippen LogP contribution in [0.15, 0.2) is 17.1 Å². The van der Waals surface area contributed by atoms with Crippen LogP contribution in [-0.2, 0) is 16.6 Å². The molecule has 3 amide bonds. The molecule has 25 heavy (non-hydrogen) atoms. The van der Waals surface area contributed by atoms with Crippen molar-refractivity contribution in [1.29, 1.82) is 0 Å². The van der Waals surface area contributed by atoms with Gasteiger partial charge in [0, 0.05) is 53.3 Å². The molecule has 1 aliphatic rings. The van der Waals surface area contributed by atoms with Crippen molar-refractivity contribution in [3.05, 3.63) is 28.2 Å². The number of piperidine rings is 1. The minimum atomic E-state index is -0.371. The molecule has 1 aromatic heterocycles. The molecular formula is C17H24N4O4. The number of hydrogen-bond acceptors (Lipinski definition) is 4. The fourth-order valence-corrected chi connectivity index (χ4v) is 2.87. The van der Waals surface area contributed by atoms with E-state index in [1.807, 2.05) is 0 Å². The van der Waals surface area contributed by atoms with Gasteiger partial charge in [0.2, 0.25) is 11.8 Å². The first-order valence-electron chi connectivity index (χ1n) is 8.19. The lowest BCUT2D eigenvalue weighted by molar-refractivity contribution is -0.132. The molecule has 0 radical (unpaired) electrons. The molecule has 1 fully saturated rings. The van der Waals surface area contributed by atoms with Crippen LogP contribution in [-0.4, -0.2) is 59.3 Å². The van der Waals surface area contributed by atoms with Crippen molar-refractivity contribution >= 4 is 23.4 Å². The monoisotopic (exact) mass is 348 g/mol. The normalized spacial score (nSPS) is 15.0. The molecule has 1 aliphatic heterocycles. The predicted molar refractivity (Wildman–Crippen MR) is 93.3 cm³/mol. The molecular weight excluding hydrogens is 324 g/mol. The summed E-state index contributed by atoms with van der Waals surface area (Å²) in [5.74, 6) is -0.758. The van der Waals surface area contributed by atoms with Crippen molar-refractivity contribution in [2.24, 2.45) is 13.0 Å². The zero-order valence-corrected chi connectivity index (χ0v) is 15.0. The summed E-state index contributed by atoms with van der Waals surface area (Å²) in [5.41, 5.74) is 0.0489. The molecule has 136 valence electrons. The van der Waals surface area contributed by atoms with Crippen molar-refractivity contribution in [2.45, 2.75) is 19.8 Å². The van der Waals surface area contributed by atoms with Crippen LogP contribution in [0.25, 0.3) is 0 Å². The molecule has 0 saturated carbocycles. The number of carbonyl (C=O) groups excluding carboxylic acids is 3. The van der Waals surface area contributed by atoms with Crippen LogP contribution >= 0.6 is 0 Å². The van der Waals surface area contributed by atoms with Gasteiger partial charge in [0.25, 0.3) is 11.5 Å². The Balaban J connectivity index is 2.14. The van der Waals surface area contributed by atoms with E-state index in [4.69, 9.17) is 0 Å². The fraction of sp³-hybridized carbons (Fsp3) is 0.529. The molecule has 2 heterocycles. The summed E-state index contributed by atoms with van der Waals surface area (Å²) in [6, 6.07) is 1.41. The topological polar surface area (TPSA) is 91.7 Å². The summed E-state index contributed by atoms with van der Waals surface area (Å²) in [7, 11) is 4.78. The van der Waals surface area contributed by atoms with Crippen LogP contribution in [0.4, 0.5) is 5.69 Å². The molecule has 8 heteroatoms. The first-order valence-corrected chi connectivity index (χ1v) is 8.19. The van der Waals surface area contributed by atoms with Crippen LogP contribution in [0.2, 0.25) is 0 Å². The van der Waals surface area contributed by atoms with Gasteiger partial charge in [-0.05, 0) is 18.9 Å². The van der Waals surface area contributed by atoms with Crippen molar-refractivity contribution < 1.29 is 14.4 Å². The van der Waals surface area contributed by atoms with Crippen LogP contribution in [0.1, 0.15) is 30.1 Å². The van der Waals surface area contributed by atoms with Gasteiger partial charge in [-0.2, -0.15) is 0 Å². The number of nitrogens with zero attached hydrogens (tertiary/aromatic N) is 3. The second-order valence-electron chi connectivity index (χ2n) is 6.53. The first-order chi connectivity index (χ1) is 11.7. The predicted octanol–water partition coefficient (Wildman–Crippen LogP) is 0.284. The summed E-state index contributed by atoms with van der Waals surface area (Å²) in [6.07, 6.45) is 2.57. The van der Waals surface area contributed by atoms with E-state index in [0.29, 0.717) is 31.5 Å². The third kappa shape index (κ3) is 4.26. The quantitative estimate of drug-likeness (QED) is 0.849. The highest BCUT2D eigenvalue weighted by Gasteiger charge is 2.26. The molecule has 1 N–H and O–H groups in total. The van der Waals surface area contributed by atoms with Crippen molar-refractivity contribution in [1.82, 2.24) is 14.4 Å². The Bertz CT molecular complexity index is 746. The van der Waals surface area contributed by atoms with E-state index in [9.17, 15) is 19.2 Å². The van der Waals surface area contributed by atoms with Crippen molar-refractivity contribution in [3.8, 4) is 0 Å². The third-order valence-electron chi connectivity index (χ3n) is 4.41. The molecule has 1 aromatic rings. The van der Waals surface area contributed by atoms with Crippen LogP contribution in [0.5, 0.6) is 0 Å². The number of carbonyl (C=O) groups is 3. The Morgan fingerprint density at radius 2 is 1.80 bits per heavy atom. The number of nitrogens with one attached hydrogen (secondary N) is 1. The molecule has 0 aromatic carbocycles. The summed E-state index contributed by atoms with van der Waals surface area (Å²) in [4.78, 5) is 51.3. The van der Waals surface area contributed by atoms with E-state index in [0.717, 1.165) is 0 Å². The van der Waals surface area contributed by atoms with Crippen LogP contribution in [0.3, 0.4) is 0 Å². The molecule has 8 nitrogen and oxygen atoms in total. The minimum absolute atomic E-state index is 0.00243. The maximum absolute atomic E-state index is 12.5. The smallest absolute Gasteiger partial charge is 0.274 e. The zero-order valence-electron chi connectivity index (χ0n) is 15.0. The van der Waals surface area contributed by atoms with Gasteiger partial charge >= 0.3 is 0 Å². The molecule has 0 atom stereocenters. The zero-order chi connectivity index (χ0) is 18.7. The van der Waals surface area contributed by atoms with Gasteiger partial charge in [0.1, 0.15) is 5.69 Å². The lowest BCUT2D eigenvalue weighted by atomic mass is 9.96. The van der Waals surface area contributed by atoms with Crippen LogP contribution < -0.4 is 10.9 Å². The van der Waals surface area contributed by atoms with Gasteiger partial charge in [-0.25, -0.2) is 0 Å². The van der Waals surface area contributed by atoms with E-state index in [1.54, 1.807) is 19.0 Å². The highest BCUT2D eigenvalue weighted by Crippen LogP contribution is 2.19. The largest absolute Gasteiger partial charge is 0.345 e. The number of rotatable bonds is 3. The van der Waals surface area contributed by atoms with Gasteiger partial charge in [-0.3, -0.25) is 19.2 Å². The van der Waals surface area contributed by atoms with Gasteiger partial charge in [0.05, 0.1) is 5.56 Å². The third-order valence-corrected chi connectivity index (χ3v) is 4.41. The van der Waals surface area contributed by atoms with E-state index < -0.39 is 0 Å². The van der Waals surface area contributed by atoms with Crippen molar-refractivity contribution in [3.63, 3.8) is 0 Å². The van der Waals surface area contributed by atoms with Gasteiger partial charge in [-0.15, -0.1) is 0 Å². The van der Waals surface area contributed by atoms with Gasteiger partial charge in [0.15, 0.2) is 0 Å². The number of hydrogen-bond donors (Lipinski definition) is 1. The standard InChI is InChI=1S/C17H24N4O4/c1-11(22)21-7-5-12(6-8-21)15(23)18-14-9-13(16(24)19(2)3)10-20(4)17(14)25/h9-10,12H,5-8H2,1-4H3,(H,18,23). The number of likely N-dealkylation sites (tertiary alicyclic amines) is 1. The van der Waals surface area contributed by atoms with E-state index in [2.05, 4.69) is 5.32 Å². The average molecular weight is 348 g/mol. The highest BCUT2D eigenvalue weighted by molar-refractivity contribution is 5.97.